The van der Waals surface area contributed by atoms with Gasteiger partial charge in [0.1, 0.15) is 5.37 Å². The molecule has 1 aromatic heterocycles. The van der Waals surface area contributed by atoms with Crippen LogP contribution < -0.4 is 0 Å². The summed E-state index contributed by atoms with van der Waals surface area (Å²) in [7, 11) is 0. The van der Waals surface area contributed by atoms with Gasteiger partial charge in [-0.2, -0.15) is 0 Å². The van der Waals surface area contributed by atoms with Crippen LogP contribution in [0.3, 0.4) is 0 Å². The molecular weight excluding hydrogens is 308 g/mol. The third-order valence-corrected chi connectivity index (χ3v) is 4.86. The van der Waals surface area contributed by atoms with E-state index in [1.807, 2.05) is 35.0 Å². The molecule has 1 fully saturated rings. The number of rotatable bonds is 5. The Bertz CT molecular complexity index is 568. The van der Waals surface area contributed by atoms with Crippen molar-refractivity contribution in [2.45, 2.75) is 18.1 Å². The Morgan fingerprint density at radius 1 is 1.33 bits per heavy atom. The lowest BCUT2D eigenvalue weighted by Crippen LogP contribution is -2.36. The van der Waals surface area contributed by atoms with E-state index >= 15 is 0 Å². The second-order valence-electron chi connectivity index (χ2n) is 4.69. The zero-order valence-electron chi connectivity index (χ0n) is 11.7. The van der Waals surface area contributed by atoms with Crippen LogP contribution in [0.4, 0.5) is 0 Å². The molecule has 1 atom stereocenters. The van der Waals surface area contributed by atoms with Gasteiger partial charge in [0.2, 0.25) is 5.79 Å². The van der Waals surface area contributed by atoms with E-state index in [4.69, 9.17) is 21.1 Å². The first-order valence-corrected chi connectivity index (χ1v) is 8.32. The molecule has 112 valence electrons. The second-order valence-corrected chi connectivity index (χ2v) is 6.48. The Morgan fingerprint density at radius 2 is 2.05 bits per heavy atom. The highest BCUT2D eigenvalue weighted by molar-refractivity contribution is 7.99. The molecule has 2 heterocycles. The van der Waals surface area contributed by atoms with Crippen LogP contribution in [0.25, 0.3) is 0 Å². The molecule has 6 heteroatoms. The van der Waals surface area contributed by atoms with Gasteiger partial charge in [0, 0.05) is 23.0 Å². The first-order valence-electron chi connectivity index (χ1n) is 6.89. The van der Waals surface area contributed by atoms with E-state index in [0.717, 1.165) is 11.3 Å². The summed E-state index contributed by atoms with van der Waals surface area (Å²) in [6.07, 6.45) is 5.51. The zero-order valence-corrected chi connectivity index (χ0v) is 13.3. The lowest BCUT2D eigenvalue weighted by atomic mass is 10.1. The Hall–Kier alpha value is -1.01. The second kappa shape index (κ2) is 6.40. The van der Waals surface area contributed by atoms with Gasteiger partial charge in [-0.25, -0.2) is 4.98 Å². The van der Waals surface area contributed by atoms with Gasteiger partial charge in [-0.1, -0.05) is 30.7 Å². The first kappa shape index (κ1) is 14.9. The third kappa shape index (κ3) is 2.83. The number of halogens is 1. The predicted octanol–water partition coefficient (Wildman–Crippen LogP) is 3.69. The number of benzene rings is 1. The Balaban J connectivity index is 2.04. The highest BCUT2D eigenvalue weighted by Crippen LogP contribution is 2.47. The van der Waals surface area contributed by atoms with Crippen molar-refractivity contribution in [2.24, 2.45) is 0 Å². The molecule has 0 N–H and O–H groups in total. The topological polar surface area (TPSA) is 36.3 Å². The van der Waals surface area contributed by atoms with Crippen LogP contribution in [-0.4, -0.2) is 28.5 Å². The molecule has 3 rings (SSSR count). The van der Waals surface area contributed by atoms with Crippen molar-refractivity contribution in [2.75, 3.05) is 19.0 Å². The molecule has 0 bridgehead atoms. The van der Waals surface area contributed by atoms with E-state index in [2.05, 4.69) is 11.9 Å². The molecule has 0 aliphatic carbocycles. The summed E-state index contributed by atoms with van der Waals surface area (Å²) in [6.45, 7) is 3.29. The predicted molar refractivity (Wildman–Crippen MR) is 84.4 cm³/mol. The summed E-state index contributed by atoms with van der Waals surface area (Å²) in [5.74, 6) is 0.150. The fourth-order valence-electron chi connectivity index (χ4n) is 2.52. The van der Waals surface area contributed by atoms with Crippen molar-refractivity contribution in [3.8, 4) is 0 Å². The van der Waals surface area contributed by atoms with Crippen molar-refractivity contribution < 1.29 is 9.47 Å². The molecule has 0 amide bonds. The minimum Gasteiger partial charge on any atom is -0.341 e. The van der Waals surface area contributed by atoms with E-state index in [0.29, 0.717) is 18.2 Å². The maximum Gasteiger partial charge on any atom is 0.226 e. The third-order valence-electron chi connectivity index (χ3n) is 3.41. The lowest BCUT2D eigenvalue weighted by Gasteiger charge is -2.36. The quantitative estimate of drug-likeness (QED) is 0.840. The Kier molecular flexibility index (Phi) is 4.54. The average molecular weight is 325 g/mol. The Labute approximate surface area is 133 Å². The SMILES string of the molecule is CCSC(n1ccnc1)C1(c2ccc(Cl)cc2)OCCO1. The number of hydrogen-bond acceptors (Lipinski definition) is 4. The van der Waals surface area contributed by atoms with Crippen molar-refractivity contribution >= 4 is 23.4 Å². The van der Waals surface area contributed by atoms with Gasteiger partial charge >= 0.3 is 0 Å². The standard InChI is InChI=1S/C15H17ClN2O2S/c1-2-21-14(18-8-7-17-11-18)15(19-9-10-20-15)12-3-5-13(16)6-4-12/h3-8,11,14H,2,9-10H2,1H3. The summed E-state index contributed by atoms with van der Waals surface area (Å²) < 4.78 is 14.2. The molecule has 4 nitrogen and oxygen atoms in total. The Morgan fingerprint density at radius 3 is 2.62 bits per heavy atom. The van der Waals surface area contributed by atoms with E-state index in [9.17, 15) is 0 Å². The van der Waals surface area contributed by atoms with Crippen LogP contribution in [-0.2, 0) is 15.3 Å². The van der Waals surface area contributed by atoms with Gasteiger partial charge in [-0.15, -0.1) is 11.8 Å². The van der Waals surface area contributed by atoms with Crippen LogP contribution in [0.15, 0.2) is 43.0 Å². The van der Waals surface area contributed by atoms with Crippen LogP contribution in [0, 0.1) is 0 Å². The van der Waals surface area contributed by atoms with E-state index < -0.39 is 5.79 Å². The largest absolute Gasteiger partial charge is 0.341 e. The van der Waals surface area contributed by atoms with Crippen LogP contribution in [0.2, 0.25) is 5.02 Å². The molecule has 0 radical (unpaired) electrons. The number of ether oxygens (including phenoxy) is 2. The van der Waals surface area contributed by atoms with Crippen molar-refractivity contribution in [1.82, 2.24) is 9.55 Å². The molecular formula is C15H17ClN2O2S. The summed E-state index contributed by atoms with van der Waals surface area (Å²) >= 11 is 7.77. The maximum absolute atomic E-state index is 6.07. The van der Waals surface area contributed by atoms with E-state index in [1.54, 1.807) is 24.3 Å². The lowest BCUT2D eigenvalue weighted by molar-refractivity contribution is -0.178. The van der Waals surface area contributed by atoms with E-state index in [-0.39, 0.29) is 5.37 Å². The fraction of sp³-hybridized carbons (Fsp3) is 0.400. The number of aromatic nitrogens is 2. The number of hydrogen-bond donors (Lipinski definition) is 0. The first-order chi connectivity index (χ1) is 10.3. The summed E-state index contributed by atoms with van der Waals surface area (Å²) in [5.41, 5.74) is 0.976. The molecule has 2 aromatic rings. The van der Waals surface area contributed by atoms with Crippen LogP contribution >= 0.6 is 23.4 Å². The summed E-state index contributed by atoms with van der Waals surface area (Å²) in [6, 6.07) is 7.66. The molecule has 1 aliphatic rings. The summed E-state index contributed by atoms with van der Waals surface area (Å²) in [5, 5.41) is 0.669. The zero-order chi connectivity index (χ0) is 14.7. The summed E-state index contributed by atoms with van der Waals surface area (Å²) in [4.78, 5) is 4.15. The van der Waals surface area contributed by atoms with Gasteiger partial charge in [-0.3, -0.25) is 0 Å². The number of imidazole rings is 1. The number of nitrogens with zero attached hydrogens (tertiary/aromatic N) is 2. The monoisotopic (exact) mass is 324 g/mol. The minimum atomic E-state index is -0.800. The van der Waals surface area contributed by atoms with Crippen molar-refractivity contribution in [1.29, 1.82) is 0 Å². The molecule has 21 heavy (non-hydrogen) atoms. The maximum atomic E-state index is 6.07. The molecule has 1 unspecified atom stereocenters. The van der Waals surface area contributed by atoms with E-state index in [1.165, 1.54) is 0 Å². The minimum absolute atomic E-state index is 0.0336. The van der Waals surface area contributed by atoms with Gasteiger partial charge in [0.25, 0.3) is 0 Å². The van der Waals surface area contributed by atoms with Crippen molar-refractivity contribution in [3.05, 3.63) is 53.6 Å². The van der Waals surface area contributed by atoms with Gasteiger partial charge in [-0.05, 0) is 17.9 Å². The molecule has 1 saturated heterocycles. The van der Waals surface area contributed by atoms with Crippen molar-refractivity contribution in [3.63, 3.8) is 0 Å². The van der Waals surface area contributed by atoms with Crippen LogP contribution in [0.5, 0.6) is 0 Å². The highest BCUT2D eigenvalue weighted by Gasteiger charge is 2.47. The molecule has 0 saturated carbocycles. The fourth-order valence-corrected chi connectivity index (χ4v) is 3.75. The van der Waals surface area contributed by atoms with Crippen LogP contribution in [0.1, 0.15) is 17.9 Å². The normalized spacial score (nSPS) is 18.8. The smallest absolute Gasteiger partial charge is 0.226 e. The average Bonchev–Trinajstić information content (AvgIpc) is 3.18. The van der Waals surface area contributed by atoms with Gasteiger partial charge in [0.05, 0.1) is 19.5 Å². The molecule has 1 aliphatic heterocycles. The van der Waals surface area contributed by atoms with Gasteiger partial charge < -0.3 is 14.0 Å². The molecule has 1 aromatic carbocycles. The number of thioether (sulfide) groups is 1. The highest BCUT2D eigenvalue weighted by atomic mass is 35.5. The molecule has 0 spiro atoms. The van der Waals surface area contributed by atoms with Gasteiger partial charge in [0.15, 0.2) is 0 Å².